The highest BCUT2D eigenvalue weighted by atomic mass is 19.1. The lowest BCUT2D eigenvalue weighted by Gasteiger charge is -2.08. The van der Waals surface area contributed by atoms with E-state index in [1.165, 1.54) is 24.3 Å². The molecule has 23 heavy (non-hydrogen) atoms. The summed E-state index contributed by atoms with van der Waals surface area (Å²) < 4.78 is 18.2. The molecule has 0 saturated heterocycles. The van der Waals surface area contributed by atoms with Gasteiger partial charge in [-0.25, -0.2) is 9.18 Å². The SMILES string of the molecule is Cc1ccc(C(=O)OCC(=O)Nc2ccc(C)c(F)c2)c(O)c1. The van der Waals surface area contributed by atoms with Crippen molar-refractivity contribution in [1.29, 1.82) is 0 Å². The highest BCUT2D eigenvalue weighted by molar-refractivity contribution is 5.96. The third kappa shape index (κ3) is 4.29. The van der Waals surface area contributed by atoms with Crippen LogP contribution in [0.25, 0.3) is 0 Å². The molecule has 0 unspecified atom stereocenters. The first-order chi connectivity index (χ1) is 10.9. The summed E-state index contributed by atoms with van der Waals surface area (Å²) in [4.78, 5) is 23.5. The van der Waals surface area contributed by atoms with Gasteiger partial charge < -0.3 is 15.2 Å². The lowest BCUT2D eigenvalue weighted by Crippen LogP contribution is -2.21. The van der Waals surface area contributed by atoms with E-state index >= 15 is 0 Å². The predicted molar refractivity (Wildman–Crippen MR) is 82.9 cm³/mol. The van der Waals surface area contributed by atoms with Crippen LogP contribution in [-0.4, -0.2) is 23.6 Å². The number of hydrogen-bond acceptors (Lipinski definition) is 4. The maximum Gasteiger partial charge on any atom is 0.342 e. The minimum absolute atomic E-state index is 0.0234. The summed E-state index contributed by atoms with van der Waals surface area (Å²) >= 11 is 0. The second-order valence-electron chi connectivity index (χ2n) is 5.11. The molecule has 2 aromatic carbocycles. The van der Waals surface area contributed by atoms with E-state index in [0.717, 1.165) is 5.56 Å². The Hall–Kier alpha value is -2.89. The molecule has 5 nitrogen and oxygen atoms in total. The van der Waals surface area contributed by atoms with E-state index in [0.29, 0.717) is 5.56 Å². The van der Waals surface area contributed by atoms with Gasteiger partial charge in [-0.2, -0.15) is 0 Å². The predicted octanol–water partition coefficient (Wildman–Crippen LogP) is 2.94. The fourth-order valence-corrected chi connectivity index (χ4v) is 1.89. The second kappa shape index (κ2) is 6.91. The van der Waals surface area contributed by atoms with Crippen LogP contribution < -0.4 is 5.32 Å². The van der Waals surface area contributed by atoms with Gasteiger partial charge in [-0.3, -0.25) is 4.79 Å². The Morgan fingerprint density at radius 1 is 1.17 bits per heavy atom. The molecule has 0 radical (unpaired) electrons. The number of ether oxygens (including phenoxy) is 1. The summed E-state index contributed by atoms with van der Waals surface area (Å²) in [6.07, 6.45) is 0. The molecule has 0 heterocycles. The van der Waals surface area contributed by atoms with Crippen molar-refractivity contribution < 1.29 is 23.8 Å². The zero-order valence-corrected chi connectivity index (χ0v) is 12.7. The van der Waals surface area contributed by atoms with Gasteiger partial charge in [0.1, 0.15) is 17.1 Å². The average Bonchev–Trinajstić information content (AvgIpc) is 2.48. The first-order valence-corrected chi connectivity index (χ1v) is 6.89. The number of carbonyl (C=O) groups excluding carboxylic acids is 2. The molecule has 0 atom stereocenters. The van der Waals surface area contributed by atoms with Gasteiger partial charge >= 0.3 is 5.97 Å². The molecule has 2 rings (SSSR count). The van der Waals surface area contributed by atoms with E-state index in [4.69, 9.17) is 4.74 Å². The van der Waals surface area contributed by atoms with Crippen molar-refractivity contribution >= 4 is 17.6 Å². The number of amides is 1. The standard InChI is InChI=1S/C17H16FNO4/c1-10-3-6-13(15(20)7-10)17(22)23-9-16(21)19-12-5-4-11(2)14(18)8-12/h3-8,20H,9H2,1-2H3,(H,19,21). The fourth-order valence-electron chi connectivity index (χ4n) is 1.89. The molecular formula is C17H16FNO4. The number of aromatic hydroxyl groups is 1. The molecule has 0 aliphatic heterocycles. The van der Waals surface area contributed by atoms with E-state index in [2.05, 4.69) is 5.32 Å². The Morgan fingerprint density at radius 2 is 1.91 bits per heavy atom. The first-order valence-electron chi connectivity index (χ1n) is 6.89. The molecule has 0 aromatic heterocycles. The zero-order valence-electron chi connectivity index (χ0n) is 12.7. The highest BCUT2D eigenvalue weighted by Gasteiger charge is 2.14. The summed E-state index contributed by atoms with van der Waals surface area (Å²) in [5.41, 5.74) is 1.50. The number of nitrogens with one attached hydrogen (secondary N) is 1. The number of anilines is 1. The molecular weight excluding hydrogens is 301 g/mol. The van der Waals surface area contributed by atoms with Crippen molar-refractivity contribution in [3.8, 4) is 5.75 Å². The van der Waals surface area contributed by atoms with Crippen LogP contribution in [0.5, 0.6) is 5.75 Å². The number of phenols is 1. The number of esters is 1. The third-order valence-corrected chi connectivity index (χ3v) is 3.16. The largest absolute Gasteiger partial charge is 0.507 e. The highest BCUT2D eigenvalue weighted by Crippen LogP contribution is 2.19. The number of halogens is 1. The quantitative estimate of drug-likeness (QED) is 0.850. The van der Waals surface area contributed by atoms with E-state index in [9.17, 15) is 19.1 Å². The molecule has 6 heteroatoms. The molecule has 1 amide bonds. The van der Waals surface area contributed by atoms with Crippen molar-refractivity contribution in [3.05, 3.63) is 58.9 Å². The molecule has 120 valence electrons. The minimum Gasteiger partial charge on any atom is -0.507 e. The van der Waals surface area contributed by atoms with Crippen LogP contribution in [0.2, 0.25) is 0 Å². The summed E-state index contributed by atoms with van der Waals surface area (Å²) in [7, 11) is 0. The van der Waals surface area contributed by atoms with Crippen molar-refractivity contribution in [3.63, 3.8) is 0 Å². The fraction of sp³-hybridized carbons (Fsp3) is 0.176. The molecule has 2 aromatic rings. The van der Waals surface area contributed by atoms with Crippen LogP contribution in [-0.2, 0) is 9.53 Å². The summed E-state index contributed by atoms with van der Waals surface area (Å²) in [5.74, 6) is -2.07. The maximum absolute atomic E-state index is 13.4. The Balaban J connectivity index is 1.93. The molecule has 2 N–H and O–H groups in total. The molecule has 0 aliphatic carbocycles. The first kappa shape index (κ1) is 16.5. The van der Waals surface area contributed by atoms with Crippen LogP contribution in [0.3, 0.4) is 0 Å². The van der Waals surface area contributed by atoms with Gasteiger partial charge in [0.2, 0.25) is 0 Å². The van der Waals surface area contributed by atoms with E-state index < -0.39 is 24.3 Å². The van der Waals surface area contributed by atoms with E-state index in [1.807, 2.05) is 0 Å². The summed E-state index contributed by atoms with van der Waals surface area (Å²) in [6, 6.07) is 8.74. The van der Waals surface area contributed by atoms with Crippen LogP contribution >= 0.6 is 0 Å². The normalized spacial score (nSPS) is 10.2. The van der Waals surface area contributed by atoms with Gasteiger partial charge in [-0.1, -0.05) is 12.1 Å². The number of benzene rings is 2. The van der Waals surface area contributed by atoms with Gasteiger partial charge in [0.25, 0.3) is 5.91 Å². The van der Waals surface area contributed by atoms with Gasteiger partial charge in [-0.15, -0.1) is 0 Å². The van der Waals surface area contributed by atoms with Crippen molar-refractivity contribution in [2.24, 2.45) is 0 Å². The monoisotopic (exact) mass is 317 g/mol. The van der Waals surface area contributed by atoms with Gasteiger partial charge in [0.05, 0.1) is 0 Å². The lowest BCUT2D eigenvalue weighted by molar-refractivity contribution is -0.119. The Morgan fingerprint density at radius 3 is 2.57 bits per heavy atom. The number of phenolic OH excluding ortho intramolecular Hbond substituents is 1. The number of hydrogen-bond donors (Lipinski definition) is 2. The molecule has 0 aliphatic rings. The van der Waals surface area contributed by atoms with Crippen LogP contribution in [0.1, 0.15) is 21.5 Å². The van der Waals surface area contributed by atoms with Crippen LogP contribution in [0.4, 0.5) is 10.1 Å². The van der Waals surface area contributed by atoms with Crippen molar-refractivity contribution in [2.45, 2.75) is 13.8 Å². The van der Waals surface area contributed by atoms with Crippen molar-refractivity contribution in [2.75, 3.05) is 11.9 Å². The Labute approximate surface area is 132 Å². The number of carbonyl (C=O) groups is 2. The minimum atomic E-state index is -0.812. The Bertz CT molecular complexity index is 758. The second-order valence-corrected chi connectivity index (χ2v) is 5.11. The molecule has 0 saturated carbocycles. The van der Waals surface area contributed by atoms with Gasteiger partial charge in [0.15, 0.2) is 6.61 Å². The van der Waals surface area contributed by atoms with E-state index in [-0.39, 0.29) is 17.0 Å². The molecule has 0 bridgehead atoms. The summed E-state index contributed by atoms with van der Waals surface area (Å²) in [5, 5.41) is 12.1. The van der Waals surface area contributed by atoms with E-state index in [1.54, 1.807) is 26.0 Å². The lowest BCUT2D eigenvalue weighted by atomic mass is 10.1. The number of rotatable bonds is 4. The topological polar surface area (TPSA) is 75.6 Å². The summed E-state index contributed by atoms with van der Waals surface area (Å²) in [6.45, 7) is 2.83. The zero-order chi connectivity index (χ0) is 17.0. The van der Waals surface area contributed by atoms with Crippen LogP contribution in [0.15, 0.2) is 36.4 Å². The maximum atomic E-state index is 13.4. The Kier molecular flexibility index (Phi) is 4.95. The van der Waals surface area contributed by atoms with Gasteiger partial charge in [-0.05, 0) is 49.2 Å². The van der Waals surface area contributed by atoms with Crippen molar-refractivity contribution in [1.82, 2.24) is 0 Å². The molecule has 0 spiro atoms. The van der Waals surface area contributed by atoms with Crippen LogP contribution in [0, 0.1) is 19.7 Å². The number of aryl methyl sites for hydroxylation is 2. The average molecular weight is 317 g/mol. The third-order valence-electron chi connectivity index (χ3n) is 3.16. The smallest absolute Gasteiger partial charge is 0.342 e. The van der Waals surface area contributed by atoms with Gasteiger partial charge in [0, 0.05) is 5.69 Å². The molecule has 0 fully saturated rings.